The second kappa shape index (κ2) is 8.87. The molecule has 9 heteroatoms. The summed E-state index contributed by atoms with van der Waals surface area (Å²) in [5.74, 6) is 0.424. The lowest BCUT2D eigenvalue weighted by molar-refractivity contribution is 0.340. The molecule has 0 unspecified atom stereocenters. The maximum Gasteiger partial charge on any atom is 0.188 e. The van der Waals surface area contributed by atoms with Crippen LogP contribution in [-0.2, 0) is 0 Å². The topological polar surface area (TPSA) is 72.8 Å². The Bertz CT molecular complexity index is 1440. The number of nitrogens with one attached hydrogen (secondary N) is 1. The fraction of sp³-hybridized carbons (Fsp3) is 0.0833. The molecule has 3 aromatic heterocycles. The van der Waals surface area contributed by atoms with Gasteiger partial charge in [0.2, 0.25) is 0 Å². The van der Waals surface area contributed by atoms with Gasteiger partial charge < -0.3 is 10.1 Å². The summed E-state index contributed by atoms with van der Waals surface area (Å²) in [6.45, 7) is 2.44. The molecule has 0 saturated carbocycles. The summed E-state index contributed by atoms with van der Waals surface area (Å²) >= 11 is 1.29. The van der Waals surface area contributed by atoms with Gasteiger partial charge in [-0.3, -0.25) is 4.98 Å². The molecule has 33 heavy (non-hydrogen) atoms. The lowest BCUT2D eigenvalue weighted by Crippen LogP contribution is -2.00. The molecule has 0 bridgehead atoms. The molecule has 164 valence electrons. The third-order valence-electron chi connectivity index (χ3n) is 4.83. The predicted octanol–water partition coefficient (Wildman–Crippen LogP) is 6.24. The van der Waals surface area contributed by atoms with E-state index in [9.17, 15) is 8.78 Å². The molecule has 0 aliphatic heterocycles. The number of benzene rings is 2. The molecule has 0 spiro atoms. The summed E-state index contributed by atoms with van der Waals surface area (Å²) in [7, 11) is 0. The largest absolute Gasteiger partial charge is 0.494 e. The van der Waals surface area contributed by atoms with Crippen LogP contribution in [0.25, 0.3) is 33.5 Å². The maximum absolute atomic E-state index is 14.2. The Labute approximate surface area is 192 Å². The first-order valence-electron chi connectivity index (χ1n) is 10.1. The van der Waals surface area contributed by atoms with Gasteiger partial charge in [0.05, 0.1) is 17.8 Å². The summed E-state index contributed by atoms with van der Waals surface area (Å²) in [6.07, 6.45) is 3.38. The van der Waals surface area contributed by atoms with Gasteiger partial charge >= 0.3 is 0 Å². The highest BCUT2D eigenvalue weighted by molar-refractivity contribution is 7.14. The normalized spacial score (nSPS) is 11.0. The summed E-state index contributed by atoms with van der Waals surface area (Å²) in [6, 6.07) is 12.7. The lowest BCUT2D eigenvalue weighted by Gasteiger charge is -2.11. The van der Waals surface area contributed by atoms with Crippen LogP contribution < -0.4 is 10.1 Å². The number of fused-ring (bicyclic) bond motifs is 1. The van der Waals surface area contributed by atoms with Crippen LogP contribution in [0.1, 0.15) is 6.92 Å². The molecule has 0 aliphatic rings. The van der Waals surface area contributed by atoms with Crippen molar-refractivity contribution < 1.29 is 13.5 Å². The first-order valence-corrected chi connectivity index (χ1v) is 11.0. The second-order valence-corrected chi connectivity index (χ2v) is 7.89. The Kier molecular flexibility index (Phi) is 5.62. The standard InChI is InChI=1S/C24H17F2N5OS/c1-2-32-16-6-8-20-18(11-16)23(30-22(28-20)14-4-3-9-27-12-14)31-24-29-21(13-33-24)17-7-5-15(25)10-19(17)26/h3-13H,2H2,1H3,(H,28,29,30,31). The molecular weight excluding hydrogens is 444 g/mol. The van der Waals surface area contributed by atoms with Crippen molar-refractivity contribution in [1.29, 1.82) is 0 Å². The van der Waals surface area contributed by atoms with Crippen LogP contribution in [0, 0.1) is 11.6 Å². The number of ether oxygens (including phenoxy) is 1. The fourth-order valence-corrected chi connectivity index (χ4v) is 4.05. The highest BCUT2D eigenvalue weighted by atomic mass is 32.1. The number of nitrogens with zero attached hydrogens (tertiary/aromatic N) is 4. The molecule has 6 nitrogen and oxygen atoms in total. The van der Waals surface area contributed by atoms with Gasteiger partial charge in [-0.25, -0.2) is 23.7 Å². The maximum atomic E-state index is 14.2. The van der Waals surface area contributed by atoms with Gasteiger partial charge in [0.25, 0.3) is 0 Å². The van der Waals surface area contributed by atoms with Crippen LogP contribution in [0.4, 0.5) is 19.7 Å². The van der Waals surface area contributed by atoms with Crippen molar-refractivity contribution in [3.63, 3.8) is 0 Å². The minimum Gasteiger partial charge on any atom is -0.494 e. The highest BCUT2D eigenvalue weighted by Gasteiger charge is 2.15. The van der Waals surface area contributed by atoms with Gasteiger partial charge in [-0.1, -0.05) is 0 Å². The Balaban J connectivity index is 1.57. The van der Waals surface area contributed by atoms with Gasteiger partial charge in [0.1, 0.15) is 23.2 Å². The summed E-state index contributed by atoms with van der Waals surface area (Å²) in [5, 5.41) is 6.19. The van der Waals surface area contributed by atoms with Gasteiger partial charge in [0.15, 0.2) is 11.0 Å². The third kappa shape index (κ3) is 4.35. The zero-order valence-corrected chi connectivity index (χ0v) is 18.2. The van der Waals surface area contributed by atoms with Gasteiger partial charge in [-0.15, -0.1) is 11.3 Å². The monoisotopic (exact) mass is 461 g/mol. The molecule has 5 aromatic rings. The van der Waals surface area contributed by atoms with Crippen LogP contribution in [-0.4, -0.2) is 26.5 Å². The average molecular weight is 461 g/mol. The highest BCUT2D eigenvalue weighted by Crippen LogP contribution is 2.33. The first-order chi connectivity index (χ1) is 16.1. The van der Waals surface area contributed by atoms with Gasteiger partial charge in [-0.2, -0.15) is 0 Å². The molecule has 0 fully saturated rings. The predicted molar refractivity (Wildman–Crippen MR) is 125 cm³/mol. The minimum atomic E-state index is -0.667. The summed E-state index contributed by atoms with van der Waals surface area (Å²) in [5.41, 5.74) is 2.12. The van der Waals surface area contributed by atoms with E-state index in [1.54, 1.807) is 17.8 Å². The lowest BCUT2D eigenvalue weighted by atomic mass is 10.1. The molecule has 0 atom stereocenters. The Morgan fingerprint density at radius 1 is 1.03 bits per heavy atom. The SMILES string of the molecule is CCOc1ccc2nc(-c3cccnc3)nc(Nc3nc(-c4ccc(F)cc4F)cs3)c2c1. The summed E-state index contributed by atoms with van der Waals surface area (Å²) in [4.78, 5) is 18.0. The number of thiazole rings is 1. The Hall–Kier alpha value is -3.98. The van der Waals surface area contributed by atoms with Crippen molar-refractivity contribution in [3.05, 3.63) is 77.9 Å². The molecule has 5 rings (SSSR count). The minimum absolute atomic E-state index is 0.225. The van der Waals surface area contributed by atoms with Crippen LogP contribution in [0.5, 0.6) is 5.75 Å². The van der Waals surface area contributed by atoms with E-state index in [1.807, 2.05) is 37.3 Å². The molecule has 0 saturated heterocycles. The Morgan fingerprint density at radius 2 is 1.94 bits per heavy atom. The second-order valence-electron chi connectivity index (χ2n) is 7.04. The molecule has 1 N–H and O–H groups in total. The van der Waals surface area contributed by atoms with Gasteiger partial charge in [0, 0.05) is 40.4 Å². The van der Waals surface area contributed by atoms with E-state index in [4.69, 9.17) is 9.72 Å². The number of halogens is 2. The fourth-order valence-electron chi connectivity index (χ4n) is 3.34. The van der Waals surface area contributed by atoms with Crippen LogP contribution >= 0.6 is 11.3 Å². The van der Waals surface area contributed by atoms with Crippen molar-refractivity contribution in [3.8, 4) is 28.4 Å². The van der Waals surface area contributed by atoms with Crippen LogP contribution in [0.15, 0.2) is 66.3 Å². The summed E-state index contributed by atoms with van der Waals surface area (Å²) < 4.78 is 33.1. The Morgan fingerprint density at radius 3 is 2.73 bits per heavy atom. The number of hydrogen-bond acceptors (Lipinski definition) is 7. The average Bonchev–Trinajstić information content (AvgIpc) is 3.28. The smallest absolute Gasteiger partial charge is 0.188 e. The zero-order chi connectivity index (χ0) is 22.8. The number of pyridine rings is 1. The molecule has 0 aliphatic carbocycles. The van der Waals surface area contributed by atoms with E-state index in [2.05, 4.69) is 20.3 Å². The quantitative estimate of drug-likeness (QED) is 0.323. The van der Waals surface area contributed by atoms with E-state index in [0.29, 0.717) is 34.8 Å². The molecular formula is C24H17F2N5OS. The van der Waals surface area contributed by atoms with Crippen molar-refractivity contribution in [2.45, 2.75) is 6.92 Å². The molecule has 0 amide bonds. The molecule has 3 heterocycles. The van der Waals surface area contributed by atoms with E-state index < -0.39 is 11.6 Å². The molecule has 0 radical (unpaired) electrons. The number of anilines is 2. The van der Waals surface area contributed by atoms with Crippen LogP contribution in [0.2, 0.25) is 0 Å². The van der Waals surface area contributed by atoms with Crippen molar-refractivity contribution >= 4 is 33.2 Å². The van der Waals surface area contributed by atoms with Crippen molar-refractivity contribution in [2.75, 3.05) is 11.9 Å². The van der Waals surface area contributed by atoms with E-state index in [0.717, 1.165) is 22.5 Å². The van der Waals surface area contributed by atoms with Crippen molar-refractivity contribution in [1.82, 2.24) is 19.9 Å². The zero-order valence-electron chi connectivity index (χ0n) is 17.4. The van der Waals surface area contributed by atoms with E-state index in [-0.39, 0.29) is 5.56 Å². The van der Waals surface area contributed by atoms with Crippen molar-refractivity contribution in [2.24, 2.45) is 0 Å². The van der Waals surface area contributed by atoms with E-state index >= 15 is 0 Å². The number of aromatic nitrogens is 4. The number of hydrogen-bond donors (Lipinski definition) is 1. The number of rotatable bonds is 6. The third-order valence-corrected chi connectivity index (χ3v) is 5.59. The van der Waals surface area contributed by atoms with Crippen LogP contribution in [0.3, 0.4) is 0 Å². The van der Waals surface area contributed by atoms with E-state index in [1.165, 1.54) is 23.5 Å². The molecule has 2 aromatic carbocycles. The van der Waals surface area contributed by atoms with Gasteiger partial charge in [-0.05, 0) is 49.4 Å². The first kappa shape index (κ1) is 20.9.